The van der Waals surface area contributed by atoms with Crippen LogP contribution < -0.4 is 11.3 Å². The molecule has 2 aliphatic rings. The van der Waals surface area contributed by atoms with E-state index in [4.69, 9.17) is 10.7 Å². The topological polar surface area (TPSA) is 92.3 Å². The lowest BCUT2D eigenvalue weighted by Crippen LogP contribution is -2.51. The Bertz CT molecular complexity index is 360. The first-order valence-corrected chi connectivity index (χ1v) is 4.62. The molecular formula is C8H13N5O2. The van der Waals surface area contributed by atoms with Gasteiger partial charge in [-0.3, -0.25) is 5.01 Å². The summed E-state index contributed by atoms with van der Waals surface area (Å²) >= 11 is 0. The standard InChI is InChI=1S/C8H13N5O2/c1-8(2)3-5(12-15-8)6-4-13(9)7(14)11-10-6/h3-4,9H2,1-2H3,(H,11,14). The summed E-state index contributed by atoms with van der Waals surface area (Å²) in [5.41, 5.74) is 3.37. The molecule has 2 aliphatic heterocycles. The monoisotopic (exact) mass is 211 g/mol. The third-order valence-electron chi connectivity index (χ3n) is 2.20. The lowest BCUT2D eigenvalue weighted by Gasteiger charge is -2.21. The zero-order valence-electron chi connectivity index (χ0n) is 8.65. The van der Waals surface area contributed by atoms with Gasteiger partial charge in [0.15, 0.2) is 0 Å². The average Bonchev–Trinajstić information content (AvgIpc) is 2.51. The number of amides is 2. The van der Waals surface area contributed by atoms with Crippen LogP contribution in [0, 0.1) is 0 Å². The summed E-state index contributed by atoms with van der Waals surface area (Å²) in [4.78, 5) is 16.2. The molecule has 82 valence electrons. The van der Waals surface area contributed by atoms with Crippen LogP contribution in [0.25, 0.3) is 0 Å². The van der Waals surface area contributed by atoms with Crippen LogP contribution in [0.3, 0.4) is 0 Å². The van der Waals surface area contributed by atoms with Crippen LogP contribution in [-0.4, -0.2) is 34.6 Å². The smallest absolute Gasteiger partial charge is 0.352 e. The van der Waals surface area contributed by atoms with E-state index in [1.54, 1.807) is 0 Å². The van der Waals surface area contributed by atoms with Crippen molar-refractivity contribution in [2.24, 2.45) is 16.1 Å². The van der Waals surface area contributed by atoms with Gasteiger partial charge in [0, 0.05) is 6.42 Å². The number of carbonyl (C=O) groups is 1. The van der Waals surface area contributed by atoms with Gasteiger partial charge < -0.3 is 4.84 Å². The third-order valence-corrected chi connectivity index (χ3v) is 2.20. The minimum absolute atomic E-state index is 0.254. The number of hydrogen-bond donors (Lipinski definition) is 2. The van der Waals surface area contributed by atoms with Crippen molar-refractivity contribution >= 4 is 17.5 Å². The number of urea groups is 1. The molecule has 0 unspecified atom stereocenters. The Hall–Kier alpha value is -1.63. The zero-order valence-corrected chi connectivity index (χ0v) is 8.65. The van der Waals surface area contributed by atoms with E-state index in [0.29, 0.717) is 12.1 Å². The van der Waals surface area contributed by atoms with Crippen LogP contribution in [0.1, 0.15) is 20.3 Å². The highest BCUT2D eigenvalue weighted by Gasteiger charge is 2.33. The molecule has 2 amide bonds. The third kappa shape index (κ3) is 1.91. The van der Waals surface area contributed by atoms with Crippen LogP contribution in [0.5, 0.6) is 0 Å². The van der Waals surface area contributed by atoms with Crippen LogP contribution in [0.15, 0.2) is 10.3 Å². The highest BCUT2D eigenvalue weighted by atomic mass is 16.7. The molecule has 0 bridgehead atoms. The van der Waals surface area contributed by atoms with E-state index in [0.717, 1.165) is 10.7 Å². The number of carbonyl (C=O) groups excluding carboxylic acids is 1. The Labute approximate surface area is 86.9 Å². The lowest BCUT2D eigenvalue weighted by molar-refractivity contribution is 0.0123. The van der Waals surface area contributed by atoms with Gasteiger partial charge in [0.25, 0.3) is 0 Å². The van der Waals surface area contributed by atoms with E-state index < -0.39 is 6.03 Å². The molecular weight excluding hydrogens is 198 g/mol. The van der Waals surface area contributed by atoms with Crippen molar-refractivity contribution in [3.8, 4) is 0 Å². The normalized spacial score (nSPS) is 24.2. The first kappa shape index (κ1) is 9.91. The van der Waals surface area contributed by atoms with Crippen molar-refractivity contribution in [3.63, 3.8) is 0 Å². The van der Waals surface area contributed by atoms with Gasteiger partial charge in [-0.2, -0.15) is 5.10 Å². The molecule has 3 N–H and O–H groups in total. The van der Waals surface area contributed by atoms with Gasteiger partial charge in [-0.15, -0.1) is 0 Å². The molecule has 7 heteroatoms. The molecule has 0 aromatic heterocycles. The van der Waals surface area contributed by atoms with Gasteiger partial charge in [0.2, 0.25) is 0 Å². The Balaban J connectivity index is 2.11. The maximum Gasteiger partial charge on any atom is 0.352 e. The molecule has 0 saturated carbocycles. The second-order valence-corrected chi connectivity index (χ2v) is 4.17. The fourth-order valence-corrected chi connectivity index (χ4v) is 1.40. The Morgan fingerprint density at radius 2 is 2.27 bits per heavy atom. The van der Waals surface area contributed by atoms with Crippen LogP contribution in [-0.2, 0) is 4.84 Å². The first-order chi connectivity index (χ1) is 6.98. The number of nitrogens with one attached hydrogen (secondary N) is 1. The van der Waals surface area contributed by atoms with E-state index in [-0.39, 0.29) is 12.1 Å². The molecule has 2 rings (SSSR count). The Kier molecular flexibility index (Phi) is 2.11. The van der Waals surface area contributed by atoms with E-state index in [1.807, 2.05) is 13.8 Å². The minimum Gasteiger partial charge on any atom is -0.389 e. The van der Waals surface area contributed by atoms with Gasteiger partial charge in [0.05, 0.1) is 6.54 Å². The largest absolute Gasteiger partial charge is 0.389 e. The van der Waals surface area contributed by atoms with Crippen molar-refractivity contribution in [2.75, 3.05) is 6.54 Å². The average molecular weight is 211 g/mol. The molecule has 0 spiro atoms. The molecule has 0 radical (unpaired) electrons. The van der Waals surface area contributed by atoms with Gasteiger partial charge in [0.1, 0.15) is 17.0 Å². The Morgan fingerprint density at radius 1 is 1.53 bits per heavy atom. The number of hydrazone groups is 1. The maximum absolute atomic E-state index is 11.0. The van der Waals surface area contributed by atoms with Gasteiger partial charge in [-0.25, -0.2) is 16.1 Å². The molecule has 0 fully saturated rings. The summed E-state index contributed by atoms with van der Waals surface area (Å²) in [7, 11) is 0. The number of hydrazine groups is 1. The summed E-state index contributed by atoms with van der Waals surface area (Å²) in [6.07, 6.45) is 0.662. The molecule has 15 heavy (non-hydrogen) atoms. The fourth-order valence-electron chi connectivity index (χ4n) is 1.40. The molecule has 0 aromatic rings. The molecule has 0 aliphatic carbocycles. The van der Waals surface area contributed by atoms with E-state index in [9.17, 15) is 4.79 Å². The molecule has 0 saturated heterocycles. The van der Waals surface area contributed by atoms with Crippen molar-refractivity contribution in [3.05, 3.63) is 0 Å². The van der Waals surface area contributed by atoms with Crippen LogP contribution in [0.2, 0.25) is 0 Å². The van der Waals surface area contributed by atoms with Crippen LogP contribution >= 0.6 is 0 Å². The predicted octanol–water partition coefficient (Wildman–Crippen LogP) is -0.204. The van der Waals surface area contributed by atoms with Gasteiger partial charge in [-0.1, -0.05) is 5.16 Å². The number of nitrogens with two attached hydrogens (primary N) is 1. The van der Waals surface area contributed by atoms with E-state index in [1.165, 1.54) is 0 Å². The summed E-state index contributed by atoms with van der Waals surface area (Å²) in [6, 6.07) is -0.419. The number of hydrogen-bond acceptors (Lipinski definition) is 5. The summed E-state index contributed by atoms with van der Waals surface area (Å²) in [6.45, 7) is 4.13. The van der Waals surface area contributed by atoms with E-state index in [2.05, 4.69) is 15.7 Å². The maximum atomic E-state index is 11.0. The number of oxime groups is 1. The SMILES string of the molecule is CC1(C)CC(C2=NNC(=O)N(N)C2)=NO1. The van der Waals surface area contributed by atoms with Gasteiger partial charge in [-0.05, 0) is 13.8 Å². The van der Waals surface area contributed by atoms with E-state index >= 15 is 0 Å². The van der Waals surface area contributed by atoms with Crippen molar-refractivity contribution in [2.45, 2.75) is 25.9 Å². The number of nitrogens with zero attached hydrogens (tertiary/aromatic N) is 3. The quantitative estimate of drug-likeness (QED) is 0.464. The minimum atomic E-state index is -0.419. The molecule has 0 atom stereocenters. The second kappa shape index (κ2) is 3.20. The molecule has 0 aromatic carbocycles. The van der Waals surface area contributed by atoms with Crippen molar-refractivity contribution in [1.82, 2.24) is 10.4 Å². The Morgan fingerprint density at radius 3 is 2.80 bits per heavy atom. The van der Waals surface area contributed by atoms with Gasteiger partial charge >= 0.3 is 6.03 Å². The highest BCUT2D eigenvalue weighted by molar-refractivity contribution is 6.44. The van der Waals surface area contributed by atoms with Crippen molar-refractivity contribution < 1.29 is 9.63 Å². The molecule has 2 heterocycles. The van der Waals surface area contributed by atoms with Crippen molar-refractivity contribution in [1.29, 1.82) is 0 Å². The molecule has 7 nitrogen and oxygen atoms in total. The summed E-state index contributed by atoms with van der Waals surface area (Å²) in [5, 5.41) is 8.87. The first-order valence-electron chi connectivity index (χ1n) is 4.62. The highest BCUT2D eigenvalue weighted by Crippen LogP contribution is 2.23. The lowest BCUT2D eigenvalue weighted by atomic mass is 10.00. The zero-order chi connectivity index (χ0) is 11.1. The second-order valence-electron chi connectivity index (χ2n) is 4.17. The summed E-state index contributed by atoms with van der Waals surface area (Å²) < 4.78 is 0. The number of rotatable bonds is 1. The fraction of sp³-hybridized carbons (Fsp3) is 0.625. The predicted molar refractivity (Wildman–Crippen MR) is 54.1 cm³/mol. The van der Waals surface area contributed by atoms with Crippen LogP contribution in [0.4, 0.5) is 4.79 Å². The summed E-state index contributed by atoms with van der Waals surface area (Å²) in [5.74, 6) is 5.45.